The molecule has 0 atom stereocenters. The highest BCUT2D eigenvalue weighted by Crippen LogP contribution is 2.09. The first-order valence-electron chi connectivity index (χ1n) is 6.01. The fourth-order valence-corrected chi connectivity index (χ4v) is 1.67. The Bertz CT molecular complexity index is 430. The summed E-state index contributed by atoms with van der Waals surface area (Å²) in [6.07, 6.45) is 1.94. The number of carbonyl (C=O) groups excluding carboxylic acids is 1. The van der Waals surface area contributed by atoms with Crippen LogP contribution in [0.2, 0.25) is 0 Å². The maximum absolute atomic E-state index is 11.9. The second kappa shape index (κ2) is 7.32. The Kier molecular flexibility index (Phi) is 5.70. The normalized spacial score (nSPS) is 11.3. The highest BCUT2D eigenvalue weighted by molar-refractivity contribution is 5.95. The van der Waals surface area contributed by atoms with Crippen LogP contribution < -0.4 is 11.1 Å². The van der Waals surface area contributed by atoms with Gasteiger partial charge in [0.1, 0.15) is 5.84 Å². The monoisotopic (exact) mass is 249 g/mol. The predicted octanol–water partition coefficient (Wildman–Crippen LogP) is 1.51. The van der Waals surface area contributed by atoms with E-state index in [4.69, 9.17) is 10.9 Å². The first-order chi connectivity index (χ1) is 8.69. The van der Waals surface area contributed by atoms with Crippen molar-refractivity contribution < 1.29 is 10.0 Å². The highest BCUT2D eigenvalue weighted by atomic mass is 16.4. The summed E-state index contributed by atoms with van der Waals surface area (Å²) in [5, 5.41) is 14.1. The van der Waals surface area contributed by atoms with Crippen LogP contribution in [0.3, 0.4) is 0 Å². The molecule has 5 heteroatoms. The van der Waals surface area contributed by atoms with E-state index in [0.29, 0.717) is 24.9 Å². The van der Waals surface area contributed by atoms with Crippen molar-refractivity contribution in [2.75, 3.05) is 6.54 Å². The molecule has 1 aromatic carbocycles. The number of nitrogens with zero attached hydrogens (tertiary/aromatic N) is 1. The van der Waals surface area contributed by atoms with E-state index in [1.54, 1.807) is 0 Å². The summed E-state index contributed by atoms with van der Waals surface area (Å²) >= 11 is 0. The number of benzene rings is 1. The van der Waals surface area contributed by atoms with Crippen LogP contribution in [0.25, 0.3) is 0 Å². The van der Waals surface area contributed by atoms with Crippen LogP contribution in [0.5, 0.6) is 0 Å². The molecule has 0 aliphatic heterocycles. The van der Waals surface area contributed by atoms with Crippen molar-refractivity contribution in [1.29, 1.82) is 0 Å². The molecular weight excluding hydrogens is 230 g/mol. The third-order valence-corrected chi connectivity index (χ3v) is 2.67. The summed E-state index contributed by atoms with van der Waals surface area (Å²) < 4.78 is 0. The molecule has 0 radical (unpaired) electrons. The maximum Gasteiger partial charge on any atom is 0.251 e. The van der Waals surface area contributed by atoms with E-state index in [0.717, 1.165) is 12.0 Å². The maximum atomic E-state index is 11.9. The lowest BCUT2D eigenvalue weighted by Crippen LogP contribution is -2.26. The lowest BCUT2D eigenvalue weighted by Gasteiger charge is -2.08. The number of oxime groups is 1. The number of aryl methyl sites for hydroxylation is 1. The fourth-order valence-electron chi connectivity index (χ4n) is 1.67. The van der Waals surface area contributed by atoms with Crippen LogP contribution >= 0.6 is 0 Å². The summed E-state index contributed by atoms with van der Waals surface area (Å²) in [5.74, 6) is 0.102. The SMILES string of the molecule is CCc1ccccc1C(=O)NCCC/C(N)=N/O. The van der Waals surface area contributed by atoms with Gasteiger partial charge in [0, 0.05) is 18.5 Å². The van der Waals surface area contributed by atoms with Gasteiger partial charge in [0.05, 0.1) is 0 Å². The predicted molar refractivity (Wildman–Crippen MR) is 70.8 cm³/mol. The number of amides is 1. The first-order valence-corrected chi connectivity index (χ1v) is 6.01. The van der Waals surface area contributed by atoms with Crippen molar-refractivity contribution in [3.8, 4) is 0 Å². The number of rotatable bonds is 6. The zero-order valence-electron chi connectivity index (χ0n) is 10.5. The van der Waals surface area contributed by atoms with Crippen molar-refractivity contribution in [2.24, 2.45) is 10.9 Å². The molecule has 0 heterocycles. The van der Waals surface area contributed by atoms with Gasteiger partial charge >= 0.3 is 0 Å². The first kappa shape index (κ1) is 14.0. The van der Waals surface area contributed by atoms with Gasteiger partial charge in [-0.1, -0.05) is 30.3 Å². The van der Waals surface area contributed by atoms with Crippen molar-refractivity contribution >= 4 is 11.7 Å². The van der Waals surface area contributed by atoms with Crippen LogP contribution in [-0.4, -0.2) is 23.5 Å². The second-order valence-corrected chi connectivity index (χ2v) is 3.96. The second-order valence-electron chi connectivity index (χ2n) is 3.96. The largest absolute Gasteiger partial charge is 0.409 e. The van der Waals surface area contributed by atoms with Gasteiger partial charge in [-0.2, -0.15) is 0 Å². The minimum atomic E-state index is -0.0769. The number of nitrogens with two attached hydrogens (primary N) is 1. The van der Waals surface area contributed by atoms with Gasteiger partial charge in [0.15, 0.2) is 0 Å². The van der Waals surface area contributed by atoms with Crippen LogP contribution in [-0.2, 0) is 6.42 Å². The van der Waals surface area contributed by atoms with E-state index in [9.17, 15) is 4.79 Å². The van der Waals surface area contributed by atoms with E-state index in [-0.39, 0.29) is 11.7 Å². The van der Waals surface area contributed by atoms with Crippen LogP contribution in [0.1, 0.15) is 35.7 Å². The molecular formula is C13H19N3O2. The van der Waals surface area contributed by atoms with Gasteiger partial charge in [-0.3, -0.25) is 4.79 Å². The van der Waals surface area contributed by atoms with Gasteiger partial charge < -0.3 is 16.3 Å². The van der Waals surface area contributed by atoms with Crippen molar-refractivity contribution in [1.82, 2.24) is 5.32 Å². The topological polar surface area (TPSA) is 87.7 Å². The molecule has 4 N–H and O–H groups in total. The average Bonchev–Trinajstić information content (AvgIpc) is 2.42. The molecule has 5 nitrogen and oxygen atoms in total. The van der Waals surface area contributed by atoms with E-state index in [2.05, 4.69) is 10.5 Å². The molecule has 0 aliphatic carbocycles. The van der Waals surface area contributed by atoms with Gasteiger partial charge in [-0.15, -0.1) is 0 Å². The molecule has 1 rings (SSSR count). The quantitative estimate of drug-likeness (QED) is 0.235. The van der Waals surface area contributed by atoms with Crippen molar-refractivity contribution in [3.63, 3.8) is 0 Å². The van der Waals surface area contributed by atoms with Crippen LogP contribution in [0.15, 0.2) is 29.4 Å². The lowest BCUT2D eigenvalue weighted by atomic mass is 10.0. The average molecular weight is 249 g/mol. The van der Waals surface area contributed by atoms with Gasteiger partial charge in [0.2, 0.25) is 0 Å². The zero-order valence-corrected chi connectivity index (χ0v) is 10.5. The zero-order chi connectivity index (χ0) is 13.4. The molecule has 0 aliphatic rings. The fraction of sp³-hybridized carbons (Fsp3) is 0.385. The number of nitrogens with one attached hydrogen (secondary N) is 1. The van der Waals surface area contributed by atoms with E-state index in [1.807, 2.05) is 31.2 Å². The molecule has 0 aromatic heterocycles. The van der Waals surface area contributed by atoms with E-state index in [1.165, 1.54) is 0 Å². The summed E-state index contributed by atoms with van der Waals surface area (Å²) in [6.45, 7) is 2.53. The molecule has 0 unspecified atom stereocenters. The van der Waals surface area contributed by atoms with Crippen LogP contribution in [0.4, 0.5) is 0 Å². The minimum Gasteiger partial charge on any atom is -0.409 e. The third-order valence-electron chi connectivity index (χ3n) is 2.67. The standard InChI is InChI=1S/C13H19N3O2/c1-2-10-6-3-4-7-11(10)13(17)15-9-5-8-12(14)16-18/h3-4,6-7,18H,2,5,8-9H2,1H3,(H2,14,16)(H,15,17). The Balaban J connectivity index is 2.46. The highest BCUT2D eigenvalue weighted by Gasteiger charge is 2.08. The Morgan fingerprint density at radius 3 is 2.83 bits per heavy atom. The van der Waals surface area contributed by atoms with Gasteiger partial charge in [-0.05, 0) is 24.5 Å². The number of hydrogen-bond donors (Lipinski definition) is 3. The molecule has 18 heavy (non-hydrogen) atoms. The van der Waals surface area contributed by atoms with Gasteiger partial charge in [0.25, 0.3) is 5.91 Å². The molecule has 0 fully saturated rings. The minimum absolute atomic E-state index is 0.0769. The van der Waals surface area contributed by atoms with E-state index >= 15 is 0 Å². The molecule has 98 valence electrons. The van der Waals surface area contributed by atoms with Crippen LogP contribution in [0, 0.1) is 0 Å². The molecule has 0 saturated heterocycles. The van der Waals surface area contributed by atoms with Crippen molar-refractivity contribution in [2.45, 2.75) is 26.2 Å². The summed E-state index contributed by atoms with van der Waals surface area (Å²) in [5.41, 5.74) is 7.08. The number of carbonyl (C=O) groups is 1. The molecule has 1 amide bonds. The Labute approximate surface area is 107 Å². The smallest absolute Gasteiger partial charge is 0.251 e. The van der Waals surface area contributed by atoms with Crippen molar-refractivity contribution in [3.05, 3.63) is 35.4 Å². The molecule has 0 spiro atoms. The Morgan fingerprint density at radius 2 is 2.17 bits per heavy atom. The summed E-state index contributed by atoms with van der Waals surface area (Å²) in [6, 6.07) is 7.54. The van der Waals surface area contributed by atoms with Gasteiger partial charge in [-0.25, -0.2) is 0 Å². The lowest BCUT2D eigenvalue weighted by molar-refractivity contribution is 0.0952. The van der Waals surface area contributed by atoms with E-state index < -0.39 is 0 Å². The summed E-state index contributed by atoms with van der Waals surface area (Å²) in [4.78, 5) is 11.9. The summed E-state index contributed by atoms with van der Waals surface area (Å²) in [7, 11) is 0. The third kappa shape index (κ3) is 4.08. The number of hydrogen-bond acceptors (Lipinski definition) is 3. The molecule has 1 aromatic rings. The molecule has 0 bridgehead atoms. The Hall–Kier alpha value is -2.04. The Morgan fingerprint density at radius 1 is 1.44 bits per heavy atom. The molecule has 0 saturated carbocycles. The number of amidine groups is 1.